The second kappa shape index (κ2) is 14.5. The molecule has 4 aromatic rings. The summed E-state index contributed by atoms with van der Waals surface area (Å²) < 4.78 is 6.22. The van der Waals surface area contributed by atoms with Crippen molar-refractivity contribution in [3.8, 4) is 5.75 Å². The highest BCUT2D eigenvalue weighted by Gasteiger charge is 2.14. The molecule has 6 nitrogen and oxygen atoms in total. The zero-order chi connectivity index (χ0) is 25.3. The summed E-state index contributed by atoms with van der Waals surface area (Å²) in [7, 11) is 0. The van der Waals surface area contributed by atoms with Crippen molar-refractivity contribution in [2.45, 2.75) is 19.4 Å². The number of nitrogens with one attached hydrogen (secondary N) is 1. The Hall–Kier alpha value is -2.48. The first-order valence-electron chi connectivity index (χ1n) is 12.2. The van der Waals surface area contributed by atoms with E-state index in [4.69, 9.17) is 38.7 Å². The summed E-state index contributed by atoms with van der Waals surface area (Å²) in [4.78, 5) is 7.22. The Bertz CT molecular complexity index is 1300. The molecule has 0 fully saturated rings. The molecule has 0 saturated heterocycles. The average Bonchev–Trinajstić information content (AvgIpc) is 2.88. The summed E-state index contributed by atoms with van der Waals surface area (Å²) in [5.74, 6) is 1.97. The number of ether oxygens (including phenoxy) is 1. The molecule has 0 radical (unpaired) electrons. The lowest BCUT2D eigenvalue weighted by atomic mass is 10.1. The number of hydrogen-bond acceptors (Lipinski definition) is 6. The average molecular weight is 564 g/mol. The van der Waals surface area contributed by atoms with Gasteiger partial charge in [-0.1, -0.05) is 30.3 Å². The topological polar surface area (TPSA) is 83.6 Å². The zero-order valence-electron chi connectivity index (χ0n) is 20.6. The number of aliphatic hydroxyl groups is 1. The number of nitrogen functional groups attached to an aromatic ring is 1. The SMILES string of the molecule is Cl.Nc1cc(CO)cc(Nc2c3ccccc3nc3c(OCCCCN(CCCl)CCCl)cccc23)c1. The molecule has 3 aromatic carbocycles. The second-order valence-electron chi connectivity index (χ2n) is 8.68. The van der Waals surface area contributed by atoms with E-state index < -0.39 is 0 Å². The number of halogens is 3. The highest BCUT2D eigenvalue weighted by Crippen LogP contribution is 2.37. The molecule has 37 heavy (non-hydrogen) atoms. The van der Waals surface area contributed by atoms with Crippen LogP contribution in [0.2, 0.25) is 0 Å². The van der Waals surface area contributed by atoms with Gasteiger partial charge >= 0.3 is 0 Å². The fraction of sp³-hybridized carbons (Fsp3) is 0.321. The van der Waals surface area contributed by atoms with Gasteiger partial charge in [0.15, 0.2) is 0 Å². The number of hydrogen-bond donors (Lipinski definition) is 3. The van der Waals surface area contributed by atoms with Gasteiger partial charge in [0.1, 0.15) is 11.3 Å². The van der Waals surface area contributed by atoms with Crippen LogP contribution in [0.1, 0.15) is 18.4 Å². The molecule has 0 unspecified atom stereocenters. The van der Waals surface area contributed by atoms with Gasteiger partial charge in [-0.3, -0.25) is 0 Å². The molecule has 4 N–H and O–H groups in total. The van der Waals surface area contributed by atoms with Crippen LogP contribution in [-0.4, -0.2) is 53.0 Å². The number of rotatable bonds is 13. The second-order valence-corrected chi connectivity index (χ2v) is 9.43. The Morgan fingerprint density at radius 2 is 1.68 bits per heavy atom. The van der Waals surface area contributed by atoms with E-state index >= 15 is 0 Å². The Labute approximate surface area is 234 Å². The molecule has 0 saturated carbocycles. The minimum atomic E-state index is -0.0783. The summed E-state index contributed by atoms with van der Waals surface area (Å²) in [6, 6.07) is 19.5. The monoisotopic (exact) mass is 562 g/mol. The quantitative estimate of drug-likeness (QED) is 0.0739. The third-order valence-electron chi connectivity index (χ3n) is 6.07. The molecule has 4 rings (SSSR count). The van der Waals surface area contributed by atoms with Gasteiger partial charge in [0, 0.05) is 47.0 Å². The van der Waals surface area contributed by atoms with Crippen LogP contribution in [0.5, 0.6) is 5.75 Å². The number of unbranched alkanes of at least 4 members (excludes halogenated alkanes) is 1. The van der Waals surface area contributed by atoms with Crippen molar-refractivity contribution in [3.05, 3.63) is 66.2 Å². The molecule has 9 heteroatoms. The van der Waals surface area contributed by atoms with E-state index in [0.29, 0.717) is 24.1 Å². The van der Waals surface area contributed by atoms with E-state index in [0.717, 1.165) is 77.0 Å². The molecule has 198 valence electrons. The standard InChI is InChI=1S/C28H32Cl2N4O2.ClH/c29-10-13-34(14-11-30)12-3-4-15-36-26-9-5-7-24-27(23-6-1-2-8-25(23)33-28(24)26)32-22-17-20(19-35)16-21(31)18-22;/h1-2,5-9,16-18,35H,3-4,10-15,19,31H2,(H,32,33);1H. The fourth-order valence-electron chi connectivity index (χ4n) is 4.36. The largest absolute Gasteiger partial charge is 0.491 e. The molecule has 0 aliphatic rings. The van der Waals surface area contributed by atoms with Crippen molar-refractivity contribution in [3.63, 3.8) is 0 Å². The van der Waals surface area contributed by atoms with E-state index in [9.17, 15) is 5.11 Å². The van der Waals surface area contributed by atoms with E-state index in [1.54, 1.807) is 6.07 Å². The normalized spacial score (nSPS) is 11.1. The first-order valence-corrected chi connectivity index (χ1v) is 13.3. The van der Waals surface area contributed by atoms with Crippen LogP contribution >= 0.6 is 35.6 Å². The third-order valence-corrected chi connectivity index (χ3v) is 6.41. The van der Waals surface area contributed by atoms with E-state index in [1.165, 1.54) is 0 Å². The van der Waals surface area contributed by atoms with Gasteiger partial charge in [0.05, 0.1) is 24.4 Å². The number of anilines is 3. The van der Waals surface area contributed by atoms with Gasteiger partial charge in [-0.15, -0.1) is 35.6 Å². The van der Waals surface area contributed by atoms with Crippen molar-refractivity contribution in [1.29, 1.82) is 0 Å². The Balaban J connectivity index is 0.00000380. The first-order chi connectivity index (χ1) is 17.6. The van der Waals surface area contributed by atoms with Crippen molar-refractivity contribution in [1.82, 2.24) is 9.88 Å². The highest BCUT2D eigenvalue weighted by molar-refractivity contribution is 6.18. The van der Waals surface area contributed by atoms with Gasteiger partial charge in [0.25, 0.3) is 0 Å². The van der Waals surface area contributed by atoms with Gasteiger partial charge in [-0.2, -0.15) is 0 Å². The van der Waals surface area contributed by atoms with E-state index in [1.807, 2.05) is 54.6 Å². The third kappa shape index (κ3) is 7.53. The predicted octanol–water partition coefficient (Wildman–Crippen LogP) is 6.57. The first kappa shape index (κ1) is 29.1. The molecule has 1 aromatic heterocycles. The van der Waals surface area contributed by atoms with Gasteiger partial charge in [0.2, 0.25) is 0 Å². The van der Waals surface area contributed by atoms with Crippen molar-refractivity contribution >= 4 is 74.5 Å². The van der Waals surface area contributed by atoms with Crippen molar-refractivity contribution in [2.24, 2.45) is 0 Å². The summed E-state index contributed by atoms with van der Waals surface area (Å²) >= 11 is 11.8. The van der Waals surface area contributed by atoms with E-state index in [2.05, 4.69) is 10.2 Å². The summed E-state index contributed by atoms with van der Waals surface area (Å²) in [6.07, 6.45) is 1.92. The molecule has 0 aliphatic heterocycles. The molecular formula is C28H33Cl3N4O2. The number of benzene rings is 3. The van der Waals surface area contributed by atoms with Gasteiger partial charge in [-0.25, -0.2) is 4.98 Å². The van der Waals surface area contributed by atoms with Crippen LogP contribution in [0.4, 0.5) is 17.1 Å². The minimum Gasteiger partial charge on any atom is -0.491 e. The fourth-order valence-corrected chi connectivity index (χ4v) is 4.84. The van der Waals surface area contributed by atoms with Crippen molar-refractivity contribution in [2.75, 3.05) is 49.1 Å². The molecule has 0 aliphatic carbocycles. The minimum absolute atomic E-state index is 0. The Morgan fingerprint density at radius 1 is 0.919 bits per heavy atom. The smallest absolute Gasteiger partial charge is 0.145 e. The van der Waals surface area contributed by atoms with Crippen LogP contribution in [0.25, 0.3) is 21.8 Å². The zero-order valence-corrected chi connectivity index (χ0v) is 23.0. The number of aliphatic hydroxyl groups excluding tert-OH is 1. The number of alkyl halides is 2. The molecule has 0 atom stereocenters. The molecular weight excluding hydrogens is 531 g/mol. The van der Waals surface area contributed by atoms with E-state index in [-0.39, 0.29) is 19.0 Å². The van der Waals surface area contributed by atoms with Crippen molar-refractivity contribution < 1.29 is 9.84 Å². The molecule has 0 spiro atoms. The number of nitrogens with zero attached hydrogens (tertiary/aromatic N) is 2. The predicted molar refractivity (Wildman–Crippen MR) is 159 cm³/mol. The van der Waals surface area contributed by atoms with Gasteiger partial charge in [-0.05, 0) is 55.3 Å². The Morgan fingerprint density at radius 3 is 2.43 bits per heavy atom. The molecule has 0 bridgehead atoms. The van der Waals surface area contributed by atoms with Crippen LogP contribution in [0.3, 0.4) is 0 Å². The lowest BCUT2D eigenvalue weighted by Crippen LogP contribution is -2.29. The lowest BCUT2D eigenvalue weighted by Gasteiger charge is -2.20. The van der Waals surface area contributed by atoms with Crippen LogP contribution in [0.15, 0.2) is 60.7 Å². The highest BCUT2D eigenvalue weighted by atomic mass is 35.5. The number of para-hydroxylation sites is 2. The van der Waals surface area contributed by atoms with Gasteiger partial charge < -0.3 is 25.8 Å². The summed E-state index contributed by atoms with van der Waals surface area (Å²) in [5, 5.41) is 15.1. The summed E-state index contributed by atoms with van der Waals surface area (Å²) in [6.45, 7) is 3.16. The number of fused-ring (bicyclic) bond motifs is 2. The number of nitrogens with two attached hydrogens (primary N) is 1. The Kier molecular flexibility index (Phi) is 11.4. The number of pyridine rings is 1. The molecule has 0 amide bonds. The van der Waals surface area contributed by atoms with Crippen LogP contribution in [0, 0.1) is 0 Å². The summed E-state index contributed by atoms with van der Waals surface area (Å²) in [5.41, 5.74) is 10.8. The molecule has 1 heterocycles. The number of aromatic nitrogens is 1. The van der Waals surface area contributed by atoms with Crippen LogP contribution < -0.4 is 15.8 Å². The van der Waals surface area contributed by atoms with Crippen LogP contribution in [-0.2, 0) is 6.61 Å². The maximum atomic E-state index is 9.61. The maximum Gasteiger partial charge on any atom is 0.145 e. The lowest BCUT2D eigenvalue weighted by molar-refractivity contribution is 0.269. The maximum absolute atomic E-state index is 9.61.